The van der Waals surface area contributed by atoms with Gasteiger partial charge in [-0.3, -0.25) is 0 Å². The summed E-state index contributed by atoms with van der Waals surface area (Å²) in [6.45, 7) is 18.1. The van der Waals surface area contributed by atoms with Crippen molar-refractivity contribution in [2.75, 3.05) is 39.6 Å². The van der Waals surface area contributed by atoms with Crippen LogP contribution in [0.4, 0.5) is 0 Å². The van der Waals surface area contributed by atoms with Crippen molar-refractivity contribution in [1.82, 2.24) is 0 Å². The highest BCUT2D eigenvalue weighted by Gasteiger charge is 2.15. The van der Waals surface area contributed by atoms with E-state index in [-0.39, 0.29) is 12.6 Å². The summed E-state index contributed by atoms with van der Waals surface area (Å²) < 4.78 is 44.4. The minimum atomic E-state index is -0.436. The zero-order valence-corrected chi connectivity index (χ0v) is 46.0. The fourth-order valence-corrected chi connectivity index (χ4v) is 8.19. The summed E-state index contributed by atoms with van der Waals surface area (Å²) in [4.78, 5) is 0. The summed E-state index contributed by atoms with van der Waals surface area (Å²) >= 11 is 0. The van der Waals surface area contributed by atoms with E-state index in [0.29, 0.717) is 13.2 Å². The molecule has 7 heteroatoms. The minimum Gasteiger partial charge on any atom is -0.353 e. The first-order valence-corrected chi connectivity index (χ1v) is 29.8. The Balaban J connectivity index is 5.10. The van der Waals surface area contributed by atoms with Gasteiger partial charge in [-0.25, -0.2) is 0 Å². The van der Waals surface area contributed by atoms with Crippen molar-refractivity contribution >= 4 is 0 Å². The van der Waals surface area contributed by atoms with Gasteiger partial charge in [0.1, 0.15) is 0 Å². The standard InChI is InChI=1S/C60H118O7/c1-7-13-19-23-27-35-43-53-61-57(62-54-44-36-28-24-20-14-8-2)47-39-31-33-41-49-59(65-51-17-11-5)67-60(66-52-18-12-6)50-42-34-32-40-48-58(63-55-45-37-29-25-21-15-9-3)64-56-46-38-30-26-22-16-10-4/h41-42,49-50,57-60H,7-40,43-48,51-56H2,1-6H3. The van der Waals surface area contributed by atoms with Gasteiger partial charge < -0.3 is 33.2 Å². The van der Waals surface area contributed by atoms with Gasteiger partial charge in [0, 0.05) is 26.4 Å². The molecule has 0 heterocycles. The summed E-state index contributed by atoms with van der Waals surface area (Å²) in [5.74, 6) is 0. The van der Waals surface area contributed by atoms with E-state index in [1.165, 1.54) is 154 Å². The predicted molar refractivity (Wildman–Crippen MR) is 289 cm³/mol. The zero-order valence-electron chi connectivity index (χ0n) is 46.0. The maximum Gasteiger partial charge on any atom is 0.180 e. The van der Waals surface area contributed by atoms with Crippen LogP contribution in [-0.2, 0) is 33.2 Å². The van der Waals surface area contributed by atoms with Crippen molar-refractivity contribution in [3.63, 3.8) is 0 Å². The number of rotatable bonds is 58. The Bertz CT molecular complexity index is 845. The molecule has 400 valence electrons. The van der Waals surface area contributed by atoms with E-state index in [0.717, 1.165) is 129 Å². The quantitative estimate of drug-likeness (QED) is 0.0342. The van der Waals surface area contributed by atoms with Crippen LogP contribution in [0.15, 0.2) is 24.3 Å². The van der Waals surface area contributed by atoms with Crippen LogP contribution < -0.4 is 0 Å². The third kappa shape index (κ3) is 51.4. The Labute approximate surface area is 419 Å². The molecule has 0 N–H and O–H groups in total. The maximum absolute atomic E-state index is 6.50. The molecule has 0 spiro atoms. The van der Waals surface area contributed by atoms with Crippen LogP contribution >= 0.6 is 0 Å². The first-order valence-electron chi connectivity index (χ1n) is 29.8. The number of hydrogen-bond donors (Lipinski definition) is 0. The van der Waals surface area contributed by atoms with Crippen LogP contribution in [0.25, 0.3) is 0 Å². The van der Waals surface area contributed by atoms with Crippen molar-refractivity contribution in [3.8, 4) is 0 Å². The fourth-order valence-electron chi connectivity index (χ4n) is 8.19. The van der Waals surface area contributed by atoms with Gasteiger partial charge in [-0.05, 0) is 102 Å². The van der Waals surface area contributed by atoms with E-state index >= 15 is 0 Å². The van der Waals surface area contributed by atoms with Crippen LogP contribution in [0.2, 0.25) is 0 Å². The number of unbranched alkanes of at least 4 members (excludes halogenated alkanes) is 30. The van der Waals surface area contributed by atoms with E-state index in [1.807, 2.05) is 0 Å². The third-order valence-corrected chi connectivity index (χ3v) is 12.7. The molecule has 2 atom stereocenters. The van der Waals surface area contributed by atoms with Gasteiger partial charge in [-0.1, -0.05) is 221 Å². The van der Waals surface area contributed by atoms with Crippen LogP contribution in [-0.4, -0.2) is 64.8 Å². The fraction of sp³-hybridized carbons (Fsp3) is 0.933. The van der Waals surface area contributed by atoms with Crippen molar-refractivity contribution in [1.29, 1.82) is 0 Å². The molecule has 0 aliphatic heterocycles. The molecule has 0 saturated heterocycles. The lowest BCUT2D eigenvalue weighted by Crippen LogP contribution is -2.25. The lowest BCUT2D eigenvalue weighted by molar-refractivity contribution is -0.208. The highest BCUT2D eigenvalue weighted by molar-refractivity contribution is 4.90. The van der Waals surface area contributed by atoms with Crippen molar-refractivity contribution in [2.45, 2.75) is 324 Å². The van der Waals surface area contributed by atoms with Gasteiger partial charge in [0.25, 0.3) is 0 Å². The summed E-state index contributed by atoms with van der Waals surface area (Å²) in [6, 6.07) is 0. The highest BCUT2D eigenvalue weighted by atomic mass is 16.8. The van der Waals surface area contributed by atoms with Crippen LogP contribution in [0.1, 0.15) is 298 Å². The monoisotopic (exact) mass is 951 g/mol. The first-order chi connectivity index (χ1) is 33.1. The van der Waals surface area contributed by atoms with Gasteiger partial charge in [0.15, 0.2) is 25.2 Å². The second-order valence-electron chi connectivity index (χ2n) is 19.6. The smallest absolute Gasteiger partial charge is 0.180 e. The largest absolute Gasteiger partial charge is 0.353 e. The topological polar surface area (TPSA) is 64.6 Å². The predicted octanol–water partition coefficient (Wildman–Crippen LogP) is 19.2. The average molecular weight is 952 g/mol. The first kappa shape index (κ1) is 66.2. The second kappa shape index (κ2) is 57.8. The Morgan fingerprint density at radius 3 is 0.791 bits per heavy atom. The normalized spacial score (nSPS) is 13.1. The Morgan fingerprint density at radius 2 is 0.507 bits per heavy atom. The van der Waals surface area contributed by atoms with Gasteiger partial charge in [-0.15, -0.1) is 0 Å². The summed E-state index contributed by atoms with van der Waals surface area (Å²) in [7, 11) is 0. The van der Waals surface area contributed by atoms with E-state index in [4.69, 9.17) is 33.2 Å². The summed E-state index contributed by atoms with van der Waals surface area (Å²) in [6.07, 6.45) is 56.4. The molecule has 0 aromatic heterocycles. The lowest BCUT2D eigenvalue weighted by Gasteiger charge is -2.21. The summed E-state index contributed by atoms with van der Waals surface area (Å²) in [5, 5.41) is 0. The van der Waals surface area contributed by atoms with E-state index in [1.54, 1.807) is 0 Å². The molecule has 0 amide bonds. The van der Waals surface area contributed by atoms with Gasteiger partial charge in [-0.2, -0.15) is 0 Å². The number of hydrogen-bond acceptors (Lipinski definition) is 7. The van der Waals surface area contributed by atoms with Gasteiger partial charge >= 0.3 is 0 Å². The molecule has 0 bridgehead atoms. The molecule has 0 aliphatic carbocycles. The molecule has 2 unspecified atom stereocenters. The lowest BCUT2D eigenvalue weighted by atomic mass is 10.1. The molecule has 7 nitrogen and oxygen atoms in total. The van der Waals surface area contributed by atoms with Gasteiger partial charge in [0.2, 0.25) is 0 Å². The maximum atomic E-state index is 6.50. The molecule has 0 radical (unpaired) electrons. The molecule has 0 rings (SSSR count). The third-order valence-electron chi connectivity index (χ3n) is 12.7. The van der Waals surface area contributed by atoms with Crippen molar-refractivity contribution in [2.24, 2.45) is 0 Å². The van der Waals surface area contributed by atoms with Crippen LogP contribution in [0.3, 0.4) is 0 Å². The molecule has 67 heavy (non-hydrogen) atoms. The molecule has 0 saturated carbocycles. The van der Waals surface area contributed by atoms with Crippen molar-refractivity contribution in [3.05, 3.63) is 24.3 Å². The SMILES string of the molecule is CCCCCCCCCOC(CCCCC=CC(OCCCC)OC(C=CCCCCC(OCCCCCCCCC)OCCCCCCCCC)OCCCC)OCCCCCCCCC. The summed E-state index contributed by atoms with van der Waals surface area (Å²) in [5.41, 5.74) is 0. The Morgan fingerprint density at radius 1 is 0.254 bits per heavy atom. The molecule has 0 fully saturated rings. The van der Waals surface area contributed by atoms with Gasteiger partial charge in [0.05, 0.1) is 13.2 Å². The molecule has 0 aliphatic rings. The van der Waals surface area contributed by atoms with E-state index < -0.39 is 12.6 Å². The Hall–Kier alpha value is -0.800. The van der Waals surface area contributed by atoms with Crippen LogP contribution in [0.5, 0.6) is 0 Å². The van der Waals surface area contributed by atoms with E-state index in [2.05, 4.69) is 65.8 Å². The molecule has 0 aromatic carbocycles. The zero-order chi connectivity index (χ0) is 48.6. The minimum absolute atomic E-state index is 0.0898. The Kier molecular flexibility index (Phi) is 57.1. The average Bonchev–Trinajstić information content (AvgIpc) is 3.33. The molecular formula is C60H118O7. The van der Waals surface area contributed by atoms with Crippen LogP contribution in [0, 0.1) is 0 Å². The molecule has 0 aromatic rings. The van der Waals surface area contributed by atoms with Crippen molar-refractivity contribution < 1.29 is 33.2 Å². The second-order valence-corrected chi connectivity index (χ2v) is 19.6. The van der Waals surface area contributed by atoms with E-state index in [9.17, 15) is 0 Å². The highest BCUT2D eigenvalue weighted by Crippen LogP contribution is 2.17. The number of ether oxygens (including phenoxy) is 7. The number of allylic oxidation sites excluding steroid dienone is 2. The molecular weight excluding hydrogens is 833 g/mol.